The predicted octanol–water partition coefficient (Wildman–Crippen LogP) is 3.48. The number of H-pyrrole nitrogens is 1. The second-order valence-corrected chi connectivity index (χ2v) is 5.92. The Morgan fingerprint density at radius 2 is 2.10 bits per heavy atom. The Kier molecular flexibility index (Phi) is 2.64. The molecule has 2 heterocycles. The summed E-state index contributed by atoms with van der Waals surface area (Å²) >= 11 is 0. The van der Waals surface area contributed by atoms with E-state index in [0.717, 1.165) is 35.2 Å². The van der Waals surface area contributed by atoms with Crippen molar-refractivity contribution < 1.29 is 0 Å². The number of anilines is 3. The summed E-state index contributed by atoms with van der Waals surface area (Å²) < 4.78 is 0. The summed E-state index contributed by atoms with van der Waals surface area (Å²) in [5, 5.41) is 8.17. The number of hydrogen-bond donors (Lipinski definition) is 2. The normalized spacial score (nSPS) is 18.0. The van der Waals surface area contributed by atoms with Crippen LogP contribution in [-0.4, -0.2) is 16.7 Å². The summed E-state index contributed by atoms with van der Waals surface area (Å²) in [6.07, 6.45) is 2.93. The lowest BCUT2D eigenvalue weighted by atomic mass is 9.93. The van der Waals surface area contributed by atoms with Crippen LogP contribution in [0.15, 0.2) is 42.6 Å². The van der Waals surface area contributed by atoms with Crippen LogP contribution in [0.2, 0.25) is 0 Å². The Balaban J connectivity index is 1.89. The Bertz CT molecular complexity index is 805. The number of nitrogen functional groups attached to an aromatic ring is 1. The summed E-state index contributed by atoms with van der Waals surface area (Å²) in [6.45, 7) is 3.27. The van der Waals surface area contributed by atoms with Gasteiger partial charge in [-0.25, -0.2) is 0 Å². The van der Waals surface area contributed by atoms with E-state index in [1.807, 2.05) is 12.3 Å². The van der Waals surface area contributed by atoms with Crippen LogP contribution < -0.4 is 10.6 Å². The molecule has 4 rings (SSSR count). The fourth-order valence-electron chi connectivity index (χ4n) is 3.26. The highest BCUT2D eigenvalue weighted by atomic mass is 15.2. The summed E-state index contributed by atoms with van der Waals surface area (Å²) in [5.41, 5.74) is 11.8. The maximum atomic E-state index is 6.30. The number of nitrogens with two attached hydrogens (primary N) is 1. The van der Waals surface area contributed by atoms with Crippen molar-refractivity contribution in [1.82, 2.24) is 10.2 Å². The van der Waals surface area contributed by atoms with Crippen LogP contribution in [0.1, 0.15) is 12.5 Å². The molecule has 21 heavy (non-hydrogen) atoms. The quantitative estimate of drug-likeness (QED) is 0.670. The van der Waals surface area contributed by atoms with Crippen LogP contribution in [0.4, 0.5) is 17.1 Å². The fraction of sp³-hybridized carbons (Fsp3) is 0.235. The molecule has 3 aromatic rings. The van der Waals surface area contributed by atoms with Gasteiger partial charge in [0.2, 0.25) is 0 Å². The van der Waals surface area contributed by atoms with Gasteiger partial charge in [-0.05, 0) is 36.1 Å². The van der Waals surface area contributed by atoms with Crippen molar-refractivity contribution in [3.63, 3.8) is 0 Å². The van der Waals surface area contributed by atoms with Gasteiger partial charge in [-0.15, -0.1) is 0 Å². The molecule has 0 bridgehead atoms. The molecule has 0 saturated heterocycles. The van der Waals surface area contributed by atoms with E-state index in [2.05, 4.69) is 52.4 Å². The molecule has 0 amide bonds. The first-order valence-corrected chi connectivity index (χ1v) is 7.30. The highest BCUT2D eigenvalue weighted by Gasteiger charge is 2.24. The first-order valence-electron chi connectivity index (χ1n) is 7.30. The molecule has 1 aromatic heterocycles. The van der Waals surface area contributed by atoms with E-state index < -0.39 is 0 Å². The molecular formula is C17H18N4. The molecule has 0 fully saturated rings. The molecule has 4 heteroatoms. The van der Waals surface area contributed by atoms with Crippen LogP contribution >= 0.6 is 0 Å². The SMILES string of the molecule is CC1Cc2ccccc2N(c2cc3[nH]ncc3cc2N)C1. The van der Waals surface area contributed by atoms with Gasteiger partial charge in [-0.3, -0.25) is 5.10 Å². The summed E-state index contributed by atoms with van der Waals surface area (Å²) in [7, 11) is 0. The van der Waals surface area contributed by atoms with E-state index in [1.165, 1.54) is 11.3 Å². The summed E-state index contributed by atoms with van der Waals surface area (Å²) in [4.78, 5) is 2.33. The number of hydrogen-bond acceptors (Lipinski definition) is 3. The van der Waals surface area contributed by atoms with Crippen molar-refractivity contribution in [3.05, 3.63) is 48.2 Å². The van der Waals surface area contributed by atoms with Crippen LogP contribution in [0, 0.1) is 5.92 Å². The zero-order valence-corrected chi connectivity index (χ0v) is 12.0. The number of rotatable bonds is 1. The third-order valence-electron chi connectivity index (χ3n) is 4.22. The molecule has 0 radical (unpaired) electrons. The Labute approximate surface area is 123 Å². The molecule has 1 unspecified atom stereocenters. The van der Waals surface area contributed by atoms with Crippen molar-refractivity contribution in [1.29, 1.82) is 0 Å². The number of aromatic nitrogens is 2. The van der Waals surface area contributed by atoms with Gasteiger partial charge in [0.1, 0.15) is 0 Å². The minimum Gasteiger partial charge on any atom is -0.397 e. The maximum Gasteiger partial charge on any atom is 0.0672 e. The van der Waals surface area contributed by atoms with E-state index in [4.69, 9.17) is 5.73 Å². The molecule has 106 valence electrons. The minimum atomic E-state index is 0.608. The van der Waals surface area contributed by atoms with Crippen molar-refractivity contribution in [3.8, 4) is 0 Å². The number of benzene rings is 2. The number of fused-ring (bicyclic) bond motifs is 2. The van der Waals surface area contributed by atoms with Gasteiger partial charge in [0.25, 0.3) is 0 Å². The van der Waals surface area contributed by atoms with E-state index in [1.54, 1.807) is 0 Å². The monoisotopic (exact) mass is 278 g/mol. The Morgan fingerprint density at radius 1 is 1.24 bits per heavy atom. The number of aromatic amines is 1. The molecule has 3 N–H and O–H groups in total. The fourth-order valence-corrected chi connectivity index (χ4v) is 3.26. The zero-order chi connectivity index (χ0) is 14.4. The van der Waals surface area contributed by atoms with Gasteiger partial charge in [-0.2, -0.15) is 5.10 Å². The molecule has 0 saturated carbocycles. The second kappa shape index (κ2) is 4.52. The third-order valence-corrected chi connectivity index (χ3v) is 4.22. The topological polar surface area (TPSA) is 57.9 Å². The van der Waals surface area contributed by atoms with Crippen LogP contribution in [0.25, 0.3) is 10.9 Å². The van der Waals surface area contributed by atoms with Gasteiger partial charge < -0.3 is 10.6 Å². The van der Waals surface area contributed by atoms with Gasteiger partial charge in [0, 0.05) is 17.6 Å². The number of para-hydroxylation sites is 1. The highest BCUT2D eigenvalue weighted by molar-refractivity contribution is 5.91. The minimum absolute atomic E-state index is 0.608. The third kappa shape index (κ3) is 1.95. The van der Waals surface area contributed by atoms with Crippen molar-refractivity contribution in [2.45, 2.75) is 13.3 Å². The largest absolute Gasteiger partial charge is 0.397 e. The molecule has 1 aliphatic rings. The van der Waals surface area contributed by atoms with Crippen LogP contribution in [0.3, 0.4) is 0 Å². The summed E-state index contributed by atoms with van der Waals surface area (Å²) in [6, 6.07) is 12.7. The lowest BCUT2D eigenvalue weighted by Gasteiger charge is -2.35. The van der Waals surface area contributed by atoms with Gasteiger partial charge in [-0.1, -0.05) is 25.1 Å². The molecule has 0 spiro atoms. The van der Waals surface area contributed by atoms with E-state index in [-0.39, 0.29) is 0 Å². The second-order valence-electron chi connectivity index (χ2n) is 5.92. The molecule has 0 aliphatic carbocycles. The van der Waals surface area contributed by atoms with Gasteiger partial charge >= 0.3 is 0 Å². The maximum absolute atomic E-state index is 6.30. The van der Waals surface area contributed by atoms with E-state index in [0.29, 0.717) is 5.92 Å². The Morgan fingerprint density at radius 3 is 3.00 bits per heavy atom. The standard InChI is InChI=1S/C17H18N4/c1-11-6-12-4-2-3-5-16(12)21(10-11)17-8-15-13(7-14(17)18)9-19-20-15/h2-5,7-9,11H,6,10,18H2,1H3,(H,19,20). The van der Waals surface area contributed by atoms with Crippen molar-refractivity contribution in [2.75, 3.05) is 17.2 Å². The predicted molar refractivity (Wildman–Crippen MR) is 86.8 cm³/mol. The number of nitrogens with one attached hydrogen (secondary N) is 1. The average Bonchev–Trinajstić information content (AvgIpc) is 2.92. The molecule has 1 atom stereocenters. The lowest BCUT2D eigenvalue weighted by molar-refractivity contribution is 0.563. The first kappa shape index (κ1) is 12.3. The molecule has 2 aromatic carbocycles. The van der Waals surface area contributed by atoms with Crippen LogP contribution in [0.5, 0.6) is 0 Å². The van der Waals surface area contributed by atoms with Gasteiger partial charge in [0.15, 0.2) is 0 Å². The van der Waals surface area contributed by atoms with Crippen molar-refractivity contribution in [2.24, 2.45) is 5.92 Å². The van der Waals surface area contributed by atoms with Gasteiger partial charge in [0.05, 0.1) is 23.1 Å². The molecule has 1 aliphatic heterocycles. The average molecular weight is 278 g/mol. The molecular weight excluding hydrogens is 260 g/mol. The lowest BCUT2D eigenvalue weighted by Crippen LogP contribution is -2.30. The molecule has 4 nitrogen and oxygen atoms in total. The van der Waals surface area contributed by atoms with Crippen LogP contribution in [-0.2, 0) is 6.42 Å². The van der Waals surface area contributed by atoms with E-state index >= 15 is 0 Å². The Hall–Kier alpha value is -2.49. The highest BCUT2D eigenvalue weighted by Crippen LogP contribution is 2.39. The van der Waals surface area contributed by atoms with Crippen molar-refractivity contribution >= 4 is 28.0 Å². The number of nitrogens with zero attached hydrogens (tertiary/aromatic N) is 2. The smallest absolute Gasteiger partial charge is 0.0672 e. The zero-order valence-electron chi connectivity index (χ0n) is 12.0. The van der Waals surface area contributed by atoms with E-state index in [9.17, 15) is 0 Å². The first-order chi connectivity index (χ1) is 10.2. The summed E-state index contributed by atoms with van der Waals surface area (Å²) in [5.74, 6) is 0.608.